The lowest BCUT2D eigenvalue weighted by Gasteiger charge is -2.10. The van der Waals surface area contributed by atoms with Gasteiger partial charge in [0.15, 0.2) is 0 Å². The predicted molar refractivity (Wildman–Crippen MR) is 77.5 cm³/mol. The fourth-order valence-corrected chi connectivity index (χ4v) is 1.74. The summed E-state index contributed by atoms with van der Waals surface area (Å²) in [6.07, 6.45) is 1.78. The van der Waals surface area contributed by atoms with Gasteiger partial charge in [0.1, 0.15) is 11.5 Å². The maximum Gasteiger partial charge on any atom is 0.130 e. The fraction of sp³-hybridized carbons (Fsp3) is 0.312. The van der Waals surface area contributed by atoms with E-state index in [1.54, 1.807) is 6.20 Å². The topological polar surface area (TPSA) is 34.1 Å². The number of hydrogen-bond donors (Lipinski definition) is 1. The summed E-state index contributed by atoms with van der Waals surface area (Å²) >= 11 is 0. The van der Waals surface area contributed by atoms with Crippen LogP contribution in [0.15, 0.2) is 42.6 Å². The zero-order chi connectivity index (χ0) is 13.7. The second-order valence-corrected chi connectivity index (χ2v) is 4.94. The minimum Gasteiger partial charge on any atom is -0.457 e. The van der Waals surface area contributed by atoms with E-state index >= 15 is 0 Å². The molecular weight excluding hydrogens is 236 g/mol. The van der Waals surface area contributed by atoms with Gasteiger partial charge in [-0.15, -0.1) is 0 Å². The molecule has 2 rings (SSSR count). The first-order valence-corrected chi connectivity index (χ1v) is 6.56. The molecule has 19 heavy (non-hydrogen) atoms. The van der Waals surface area contributed by atoms with Crippen molar-refractivity contribution in [3.8, 4) is 11.5 Å². The van der Waals surface area contributed by atoms with Gasteiger partial charge >= 0.3 is 0 Å². The summed E-state index contributed by atoms with van der Waals surface area (Å²) in [7, 11) is 0. The van der Waals surface area contributed by atoms with E-state index in [0.717, 1.165) is 23.7 Å². The van der Waals surface area contributed by atoms with Gasteiger partial charge in [0.05, 0.1) is 5.69 Å². The number of benzene rings is 1. The van der Waals surface area contributed by atoms with Crippen molar-refractivity contribution >= 4 is 0 Å². The third-order valence-corrected chi connectivity index (χ3v) is 2.70. The van der Waals surface area contributed by atoms with Crippen molar-refractivity contribution in [3.05, 3.63) is 53.9 Å². The number of aromatic nitrogens is 1. The Morgan fingerprint density at radius 2 is 1.95 bits per heavy atom. The van der Waals surface area contributed by atoms with Crippen LogP contribution in [0.25, 0.3) is 0 Å². The van der Waals surface area contributed by atoms with E-state index in [2.05, 4.69) is 37.1 Å². The molecule has 0 unspecified atom stereocenters. The van der Waals surface area contributed by atoms with E-state index in [9.17, 15) is 0 Å². The van der Waals surface area contributed by atoms with E-state index in [4.69, 9.17) is 4.74 Å². The number of pyridine rings is 1. The van der Waals surface area contributed by atoms with Crippen molar-refractivity contribution in [2.24, 2.45) is 0 Å². The second-order valence-electron chi connectivity index (χ2n) is 4.94. The number of aryl methyl sites for hydroxylation is 1. The van der Waals surface area contributed by atoms with Crippen molar-refractivity contribution < 1.29 is 4.74 Å². The molecule has 0 spiro atoms. The molecule has 0 aliphatic heterocycles. The van der Waals surface area contributed by atoms with Gasteiger partial charge in [-0.2, -0.15) is 0 Å². The van der Waals surface area contributed by atoms with E-state index in [-0.39, 0.29) is 0 Å². The third kappa shape index (κ3) is 4.38. The summed E-state index contributed by atoms with van der Waals surface area (Å²) in [6.45, 7) is 7.04. The fourth-order valence-electron chi connectivity index (χ4n) is 1.74. The Hall–Kier alpha value is -1.87. The Morgan fingerprint density at radius 1 is 1.16 bits per heavy atom. The Bertz CT molecular complexity index is 538. The molecule has 1 aromatic carbocycles. The Morgan fingerprint density at radius 3 is 2.68 bits per heavy atom. The quantitative estimate of drug-likeness (QED) is 0.886. The third-order valence-electron chi connectivity index (χ3n) is 2.70. The van der Waals surface area contributed by atoms with Crippen LogP contribution >= 0.6 is 0 Å². The molecule has 100 valence electrons. The summed E-state index contributed by atoms with van der Waals surface area (Å²) in [5.41, 5.74) is 2.17. The zero-order valence-electron chi connectivity index (χ0n) is 11.7. The van der Waals surface area contributed by atoms with Gasteiger partial charge < -0.3 is 10.1 Å². The number of rotatable bonds is 5. The van der Waals surface area contributed by atoms with Crippen LogP contribution in [0.2, 0.25) is 0 Å². The predicted octanol–water partition coefficient (Wildman–Crippen LogP) is 3.68. The largest absolute Gasteiger partial charge is 0.457 e. The normalized spacial score (nSPS) is 10.7. The maximum absolute atomic E-state index is 5.84. The van der Waals surface area contributed by atoms with Gasteiger partial charge in [-0.1, -0.05) is 26.0 Å². The minimum atomic E-state index is 0.447. The molecule has 1 heterocycles. The highest BCUT2D eigenvalue weighted by molar-refractivity contribution is 5.33. The highest BCUT2D eigenvalue weighted by Crippen LogP contribution is 2.22. The molecule has 0 atom stereocenters. The molecule has 2 aromatic rings. The first-order chi connectivity index (χ1) is 9.13. The van der Waals surface area contributed by atoms with Crippen LogP contribution in [-0.2, 0) is 6.54 Å². The molecule has 0 amide bonds. The lowest BCUT2D eigenvalue weighted by atomic mass is 10.2. The average molecular weight is 256 g/mol. The van der Waals surface area contributed by atoms with Gasteiger partial charge in [0.25, 0.3) is 0 Å². The molecule has 3 nitrogen and oxygen atoms in total. The monoisotopic (exact) mass is 256 g/mol. The second kappa shape index (κ2) is 6.34. The molecule has 0 fully saturated rings. The Balaban J connectivity index is 2.06. The summed E-state index contributed by atoms with van der Waals surface area (Å²) < 4.78 is 5.84. The van der Waals surface area contributed by atoms with Crippen LogP contribution in [0, 0.1) is 6.92 Å². The molecule has 0 aliphatic carbocycles. The molecule has 0 saturated heterocycles. The highest BCUT2D eigenvalue weighted by Gasteiger charge is 2.01. The smallest absolute Gasteiger partial charge is 0.130 e. The molecule has 0 aliphatic rings. The molecule has 3 heteroatoms. The van der Waals surface area contributed by atoms with Gasteiger partial charge in [-0.25, -0.2) is 0 Å². The molecule has 0 saturated carbocycles. The van der Waals surface area contributed by atoms with Crippen LogP contribution in [0.1, 0.15) is 25.1 Å². The first-order valence-electron chi connectivity index (χ1n) is 6.56. The van der Waals surface area contributed by atoms with Crippen molar-refractivity contribution in [1.29, 1.82) is 0 Å². The molecule has 0 bridgehead atoms. The molecule has 1 N–H and O–H groups in total. The number of ether oxygens (including phenoxy) is 1. The van der Waals surface area contributed by atoms with Gasteiger partial charge in [-0.3, -0.25) is 4.98 Å². The van der Waals surface area contributed by atoms with Gasteiger partial charge in [-0.05, 0) is 30.7 Å². The highest BCUT2D eigenvalue weighted by atomic mass is 16.5. The van der Waals surface area contributed by atoms with E-state index in [1.165, 1.54) is 5.56 Å². The van der Waals surface area contributed by atoms with Crippen molar-refractivity contribution in [3.63, 3.8) is 0 Å². The number of nitrogens with zero attached hydrogens (tertiary/aromatic N) is 1. The van der Waals surface area contributed by atoms with Crippen LogP contribution in [0.5, 0.6) is 11.5 Å². The van der Waals surface area contributed by atoms with Gasteiger partial charge in [0.2, 0.25) is 0 Å². The minimum absolute atomic E-state index is 0.447. The molecular formula is C16H20N2O. The lowest BCUT2D eigenvalue weighted by molar-refractivity contribution is 0.479. The van der Waals surface area contributed by atoms with Crippen molar-refractivity contribution in [2.45, 2.75) is 33.4 Å². The van der Waals surface area contributed by atoms with Crippen LogP contribution < -0.4 is 10.1 Å². The molecule has 1 aromatic heterocycles. The lowest BCUT2D eigenvalue weighted by Crippen LogP contribution is -2.22. The summed E-state index contributed by atoms with van der Waals surface area (Å²) in [5, 5.41) is 3.34. The van der Waals surface area contributed by atoms with Crippen LogP contribution in [0.3, 0.4) is 0 Å². The zero-order valence-corrected chi connectivity index (χ0v) is 11.7. The van der Waals surface area contributed by atoms with Crippen LogP contribution in [-0.4, -0.2) is 11.0 Å². The Labute approximate surface area is 114 Å². The summed E-state index contributed by atoms with van der Waals surface area (Å²) in [5.74, 6) is 1.68. The molecule has 0 radical (unpaired) electrons. The first kappa shape index (κ1) is 13.6. The van der Waals surface area contributed by atoms with E-state index < -0.39 is 0 Å². The summed E-state index contributed by atoms with van der Waals surface area (Å²) in [4.78, 5) is 4.33. The van der Waals surface area contributed by atoms with Crippen LogP contribution in [0.4, 0.5) is 0 Å². The van der Waals surface area contributed by atoms with Crippen molar-refractivity contribution in [1.82, 2.24) is 10.3 Å². The van der Waals surface area contributed by atoms with Crippen molar-refractivity contribution in [2.75, 3.05) is 0 Å². The van der Waals surface area contributed by atoms with E-state index in [0.29, 0.717) is 6.04 Å². The average Bonchev–Trinajstić information content (AvgIpc) is 2.37. The number of hydrogen-bond acceptors (Lipinski definition) is 3. The number of nitrogens with one attached hydrogen (secondary N) is 1. The standard InChI is InChI=1S/C16H20N2O/c1-12(2)18-11-14-10-16(7-8-17-14)19-15-6-4-5-13(3)9-15/h4-10,12,18H,11H2,1-3H3. The van der Waals surface area contributed by atoms with Gasteiger partial charge in [0, 0.05) is 24.8 Å². The SMILES string of the molecule is Cc1cccc(Oc2ccnc(CNC(C)C)c2)c1. The summed E-state index contributed by atoms with van der Waals surface area (Å²) in [6, 6.07) is 12.3. The Kier molecular flexibility index (Phi) is 4.53. The van der Waals surface area contributed by atoms with E-state index in [1.807, 2.05) is 30.3 Å². The maximum atomic E-state index is 5.84.